The van der Waals surface area contributed by atoms with Crippen LogP contribution in [-0.4, -0.2) is 24.9 Å². The highest BCUT2D eigenvalue weighted by atomic mass is 32.1. The Kier molecular flexibility index (Phi) is 5.38. The summed E-state index contributed by atoms with van der Waals surface area (Å²) in [6, 6.07) is 6.40. The first kappa shape index (κ1) is 13.9. The van der Waals surface area contributed by atoms with Gasteiger partial charge in [-0.15, -0.1) is 0 Å². The molecule has 0 aliphatic rings. The number of thiocarbonyl (C=S) groups is 1. The van der Waals surface area contributed by atoms with Gasteiger partial charge >= 0.3 is 0 Å². The van der Waals surface area contributed by atoms with Crippen molar-refractivity contribution in [1.29, 1.82) is 0 Å². The van der Waals surface area contributed by atoms with Crippen LogP contribution in [0, 0.1) is 13.8 Å². The fourth-order valence-electron chi connectivity index (χ4n) is 1.50. The lowest BCUT2D eigenvalue weighted by molar-refractivity contribution is 0.179. The van der Waals surface area contributed by atoms with Gasteiger partial charge in [0.15, 0.2) is 5.11 Å². The first-order valence-corrected chi connectivity index (χ1v) is 6.07. The minimum absolute atomic E-state index is 0.201. The molecule has 0 heterocycles. The first-order chi connectivity index (χ1) is 8.02. The quantitative estimate of drug-likeness (QED) is 0.807. The van der Waals surface area contributed by atoms with E-state index in [1.807, 2.05) is 13.0 Å². The molecule has 1 rings (SSSR count). The second kappa shape index (κ2) is 6.57. The second-order valence-corrected chi connectivity index (χ2v) is 4.66. The van der Waals surface area contributed by atoms with Crippen molar-refractivity contribution in [2.45, 2.75) is 26.8 Å². The van der Waals surface area contributed by atoms with E-state index >= 15 is 0 Å². The van der Waals surface area contributed by atoms with E-state index < -0.39 is 0 Å². The zero-order chi connectivity index (χ0) is 12.8. The van der Waals surface area contributed by atoms with Crippen molar-refractivity contribution in [3.63, 3.8) is 0 Å². The van der Waals surface area contributed by atoms with Crippen LogP contribution in [0.1, 0.15) is 18.1 Å². The molecule has 4 heteroatoms. The van der Waals surface area contributed by atoms with Gasteiger partial charge in [0.1, 0.15) is 0 Å². The maximum absolute atomic E-state index is 5.22. The molecule has 0 aliphatic carbocycles. The highest BCUT2D eigenvalue weighted by Crippen LogP contribution is 2.13. The van der Waals surface area contributed by atoms with E-state index in [1.165, 1.54) is 11.1 Å². The number of methoxy groups -OCH3 is 1. The number of benzene rings is 1. The van der Waals surface area contributed by atoms with Crippen molar-refractivity contribution < 1.29 is 4.74 Å². The van der Waals surface area contributed by atoms with Crippen LogP contribution in [0.5, 0.6) is 0 Å². The monoisotopic (exact) mass is 252 g/mol. The summed E-state index contributed by atoms with van der Waals surface area (Å²) >= 11 is 5.22. The number of anilines is 1. The molecule has 0 radical (unpaired) electrons. The Morgan fingerprint density at radius 1 is 1.35 bits per heavy atom. The molecule has 0 saturated heterocycles. The molecule has 17 heavy (non-hydrogen) atoms. The largest absolute Gasteiger partial charge is 0.383 e. The van der Waals surface area contributed by atoms with Gasteiger partial charge in [0.2, 0.25) is 0 Å². The minimum atomic E-state index is 0.201. The Morgan fingerprint density at radius 3 is 2.65 bits per heavy atom. The molecular weight excluding hydrogens is 232 g/mol. The first-order valence-electron chi connectivity index (χ1n) is 5.66. The Bertz CT molecular complexity index is 393. The average Bonchev–Trinajstić information content (AvgIpc) is 2.23. The van der Waals surface area contributed by atoms with Crippen LogP contribution in [0.3, 0.4) is 0 Å². The van der Waals surface area contributed by atoms with E-state index in [4.69, 9.17) is 17.0 Å². The van der Waals surface area contributed by atoms with Crippen molar-refractivity contribution >= 4 is 23.0 Å². The number of rotatable bonds is 4. The molecule has 2 N–H and O–H groups in total. The molecule has 1 aromatic carbocycles. The predicted octanol–water partition coefficient (Wildman–Crippen LogP) is 2.62. The van der Waals surface area contributed by atoms with Gasteiger partial charge in [0.05, 0.1) is 6.61 Å². The van der Waals surface area contributed by atoms with Gasteiger partial charge in [-0.05, 0) is 56.2 Å². The lowest BCUT2D eigenvalue weighted by Gasteiger charge is -2.16. The zero-order valence-electron chi connectivity index (χ0n) is 10.8. The van der Waals surface area contributed by atoms with Crippen molar-refractivity contribution in [1.82, 2.24) is 5.32 Å². The van der Waals surface area contributed by atoms with E-state index in [0.29, 0.717) is 11.7 Å². The highest BCUT2D eigenvalue weighted by Gasteiger charge is 2.04. The van der Waals surface area contributed by atoms with Gasteiger partial charge < -0.3 is 15.4 Å². The Morgan fingerprint density at radius 2 is 2.06 bits per heavy atom. The Balaban J connectivity index is 2.53. The molecular formula is C13H20N2OS. The van der Waals surface area contributed by atoms with E-state index in [2.05, 4.69) is 36.6 Å². The fourth-order valence-corrected chi connectivity index (χ4v) is 1.82. The molecule has 0 spiro atoms. The molecule has 1 unspecified atom stereocenters. The summed E-state index contributed by atoms with van der Waals surface area (Å²) < 4.78 is 5.04. The molecule has 0 bridgehead atoms. The Hall–Kier alpha value is -1.13. The number of aryl methyl sites for hydroxylation is 2. The smallest absolute Gasteiger partial charge is 0.171 e. The lowest BCUT2D eigenvalue weighted by atomic mass is 10.1. The van der Waals surface area contributed by atoms with E-state index in [0.717, 1.165) is 5.69 Å². The van der Waals surface area contributed by atoms with Crippen LogP contribution >= 0.6 is 12.2 Å². The molecule has 0 fully saturated rings. The topological polar surface area (TPSA) is 33.3 Å². The number of hydrogen-bond donors (Lipinski definition) is 2. The van der Waals surface area contributed by atoms with E-state index in [9.17, 15) is 0 Å². The molecule has 1 aromatic rings. The summed E-state index contributed by atoms with van der Waals surface area (Å²) in [5, 5.41) is 6.95. The van der Waals surface area contributed by atoms with Gasteiger partial charge in [-0.1, -0.05) is 6.07 Å². The minimum Gasteiger partial charge on any atom is -0.383 e. The molecule has 1 atom stereocenters. The number of hydrogen-bond acceptors (Lipinski definition) is 2. The fraction of sp³-hybridized carbons (Fsp3) is 0.462. The molecule has 0 aromatic heterocycles. The maximum Gasteiger partial charge on any atom is 0.171 e. The number of ether oxygens (including phenoxy) is 1. The van der Waals surface area contributed by atoms with Crippen molar-refractivity contribution in [3.05, 3.63) is 29.3 Å². The lowest BCUT2D eigenvalue weighted by Crippen LogP contribution is -2.38. The molecule has 3 nitrogen and oxygen atoms in total. The zero-order valence-corrected chi connectivity index (χ0v) is 11.6. The third kappa shape index (κ3) is 4.71. The third-order valence-electron chi connectivity index (χ3n) is 2.56. The van der Waals surface area contributed by atoms with E-state index in [1.54, 1.807) is 7.11 Å². The standard InChI is InChI=1S/C13H20N2OS/c1-9-5-6-12(7-10(9)2)15-13(17)14-11(3)8-16-4/h5-7,11H,8H2,1-4H3,(H2,14,15,17). The summed E-state index contributed by atoms with van der Waals surface area (Å²) in [5.74, 6) is 0. The predicted molar refractivity (Wildman–Crippen MR) is 76.6 cm³/mol. The van der Waals surface area contributed by atoms with Crippen molar-refractivity contribution in [2.75, 3.05) is 19.0 Å². The summed E-state index contributed by atoms with van der Waals surface area (Å²) in [6.07, 6.45) is 0. The average molecular weight is 252 g/mol. The van der Waals surface area contributed by atoms with Crippen LogP contribution in [0.2, 0.25) is 0 Å². The van der Waals surface area contributed by atoms with Crippen LogP contribution in [0.4, 0.5) is 5.69 Å². The van der Waals surface area contributed by atoms with Crippen LogP contribution in [0.25, 0.3) is 0 Å². The van der Waals surface area contributed by atoms with Gasteiger partial charge in [-0.2, -0.15) is 0 Å². The third-order valence-corrected chi connectivity index (χ3v) is 2.78. The normalized spacial score (nSPS) is 12.0. The summed E-state index contributed by atoms with van der Waals surface area (Å²) in [6.45, 7) is 6.84. The van der Waals surface area contributed by atoms with Crippen LogP contribution in [-0.2, 0) is 4.74 Å². The van der Waals surface area contributed by atoms with Gasteiger partial charge in [-0.3, -0.25) is 0 Å². The molecule has 0 amide bonds. The Labute approximate surface area is 109 Å². The summed E-state index contributed by atoms with van der Waals surface area (Å²) in [4.78, 5) is 0. The molecule has 94 valence electrons. The van der Waals surface area contributed by atoms with Crippen LogP contribution < -0.4 is 10.6 Å². The van der Waals surface area contributed by atoms with Crippen molar-refractivity contribution in [3.8, 4) is 0 Å². The van der Waals surface area contributed by atoms with E-state index in [-0.39, 0.29) is 6.04 Å². The second-order valence-electron chi connectivity index (χ2n) is 4.25. The molecule has 0 saturated carbocycles. The summed E-state index contributed by atoms with van der Waals surface area (Å²) in [7, 11) is 1.68. The number of nitrogens with one attached hydrogen (secondary N) is 2. The van der Waals surface area contributed by atoms with Gasteiger partial charge in [0.25, 0.3) is 0 Å². The summed E-state index contributed by atoms with van der Waals surface area (Å²) in [5.41, 5.74) is 3.54. The van der Waals surface area contributed by atoms with Crippen molar-refractivity contribution in [2.24, 2.45) is 0 Å². The van der Waals surface area contributed by atoms with Crippen LogP contribution in [0.15, 0.2) is 18.2 Å². The molecule has 0 aliphatic heterocycles. The van der Waals surface area contributed by atoms with Gasteiger partial charge in [0, 0.05) is 18.8 Å². The SMILES string of the molecule is COCC(C)NC(=S)Nc1ccc(C)c(C)c1. The van der Waals surface area contributed by atoms with Gasteiger partial charge in [-0.25, -0.2) is 0 Å². The highest BCUT2D eigenvalue weighted by molar-refractivity contribution is 7.80. The maximum atomic E-state index is 5.22.